The predicted molar refractivity (Wildman–Crippen MR) is 118 cm³/mol. The number of aliphatic hydroxyl groups is 1. The smallest absolute Gasteiger partial charge is 0.296 e. The van der Waals surface area contributed by atoms with Gasteiger partial charge in [0.2, 0.25) is 11.9 Å². The summed E-state index contributed by atoms with van der Waals surface area (Å²) in [5, 5.41) is 16.9. The minimum atomic E-state index is -4.80. The SMILES string of the molecule is CS(CCO)(CNCc1nc(N)nc(Nc2cc(S(=O)(=O)O)ccc2S(=O)(=O)O)n1)ON=O. The molecule has 2 rings (SSSR count). The molecule has 7 N–H and O–H groups in total. The Balaban J connectivity index is 2.30. The topological polar surface area (TPSA) is 256 Å². The summed E-state index contributed by atoms with van der Waals surface area (Å²) in [5.41, 5.74) is 5.19. The molecule has 0 aliphatic carbocycles. The van der Waals surface area contributed by atoms with E-state index in [9.17, 15) is 30.8 Å². The number of nitrogens with one attached hydrogen (secondary N) is 2. The molecule has 1 aromatic heterocycles. The molecule has 1 unspecified atom stereocenters. The summed E-state index contributed by atoms with van der Waals surface area (Å²) < 4.78 is 69.5. The number of nitrogens with two attached hydrogens (primary N) is 1. The van der Waals surface area contributed by atoms with Crippen LogP contribution in [0.5, 0.6) is 0 Å². The third-order valence-corrected chi connectivity index (χ3v) is 7.94. The summed E-state index contributed by atoms with van der Waals surface area (Å²) in [6.07, 6.45) is 1.62. The molecular formula is C14H21N7O9S3. The van der Waals surface area contributed by atoms with Crippen molar-refractivity contribution in [2.45, 2.75) is 16.3 Å². The van der Waals surface area contributed by atoms with Gasteiger partial charge in [-0.05, 0) is 28.5 Å². The second-order valence-electron chi connectivity index (χ2n) is 6.50. The molecule has 2 aromatic rings. The van der Waals surface area contributed by atoms with E-state index in [4.69, 9.17) is 15.1 Å². The molecule has 0 aliphatic heterocycles. The minimum absolute atomic E-state index is 0.0200. The number of hydrogen-bond donors (Lipinski definition) is 6. The molecule has 0 saturated carbocycles. The Labute approximate surface area is 189 Å². The summed E-state index contributed by atoms with van der Waals surface area (Å²) in [5.74, 6) is -0.195. The number of nitrogens with zero attached hydrogens (tertiary/aromatic N) is 4. The fourth-order valence-corrected chi connectivity index (χ4v) is 4.94. The fourth-order valence-electron chi connectivity index (χ4n) is 2.47. The third-order valence-electron chi connectivity index (χ3n) is 3.90. The van der Waals surface area contributed by atoms with Gasteiger partial charge in [-0.25, -0.2) is 0 Å². The van der Waals surface area contributed by atoms with Crippen LogP contribution in [-0.2, 0) is 31.1 Å². The van der Waals surface area contributed by atoms with Crippen molar-refractivity contribution >= 4 is 48.1 Å². The first kappa shape index (κ1) is 26.6. The first-order valence-electron chi connectivity index (χ1n) is 8.70. The quantitative estimate of drug-likeness (QED) is 0.118. The van der Waals surface area contributed by atoms with Gasteiger partial charge in [-0.15, -0.1) is 4.91 Å². The lowest BCUT2D eigenvalue weighted by molar-refractivity contribution is 0.312. The molecule has 1 heterocycles. The summed E-state index contributed by atoms with van der Waals surface area (Å²) in [4.78, 5) is 20.8. The van der Waals surface area contributed by atoms with Gasteiger partial charge in [-0.2, -0.15) is 31.8 Å². The minimum Gasteiger partial charge on any atom is -0.395 e. The normalized spacial score (nSPS) is 14.8. The first-order chi connectivity index (χ1) is 15.3. The van der Waals surface area contributed by atoms with E-state index in [2.05, 4.69) is 30.9 Å². The van der Waals surface area contributed by atoms with E-state index in [1.165, 1.54) is 0 Å². The first-order valence-corrected chi connectivity index (χ1v) is 13.9. The van der Waals surface area contributed by atoms with Gasteiger partial charge in [-0.3, -0.25) is 14.4 Å². The second kappa shape index (κ2) is 10.5. The molecule has 0 amide bonds. The van der Waals surface area contributed by atoms with Crippen LogP contribution in [0.25, 0.3) is 0 Å². The average molecular weight is 528 g/mol. The van der Waals surface area contributed by atoms with E-state index in [0.717, 1.165) is 18.2 Å². The fraction of sp³-hybridized carbons (Fsp3) is 0.357. The number of aromatic nitrogens is 3. The highest BCUT2D eigenvalue weighted by molar-refractivity contribution is 8.29. The molecule has 1 atom stereocenters. The molecule has 0 aliphatic rings. The third kappa shape index (κ3) is 7.70. The molecule has 16 nitrogen and oxygen atoms in total. The molecule has 0 saturated heterocycles. The molecule has 184 valence electrons. The lowest BCUT2D eigenvalue weighted by atomic mass is 10.3. The molecule has 0 bridgehead atoms. The van der Waals surface area contributed by atoms with Crippen molar-refractivity contribution < 1.29 is 35.3 Å². The van der Waals surface area contributed by atoms with E-state index in [1.54, 1.807) is 6.26 Å². The van der Waals surface area contributed by atoms with Crippen LogP contribution in [0.2, 0.25) is 0 Å². The van der Waals surface area contributed by atoms with Gasteiger partial charge in [-0.1, -0.05) is 0 Å². The van der Waals surface area contributed by atoms with Crippen LogP contribution >= 0.6 is 10.3 Å². The van der Waals surface area contributed by atoms with Crippen LogP contribution < -0.4 is 16.4 Å². The van der Waals surface area contributed by atoms with Crippen LogP contribution in [0, 0.1) is 4.91 Å². The largest absolute Gasteiger partial charge is 0.395 e. The van der Waals surface area contributed by atoms with Gasteiger partial charge in [0.05, 0.1) is 29.6 Å². The van der Waals surface area contributed by atoms with Crippen molar-refractivity contribution in [2.24, 2.45) is 5.34 Å². The molecule has 1 aromatic carbocycles. The van der Waals surface area contributed by atoms with E-state index in [1.807, 2.05) is 0 Å². The van der Waals surface area contributed by atoms with Crippen LogP contribution in [-0.4, -0.2) is 70.5 Å². The molecule has 0 fully saturated rings. The van der Waals surface area contributed by atoms with Crippen molar-refractivity contribution in [1.82, 2.24) is 20.3 Å². The number of hydrogen-bond acceptors (Lipinski definition) is 14. The predicted octanol–water partition coefficient (Wildman–Crippen LogP) is -0.222. The number of aliphatic hydroxyl groups excluding tert-OH is 1. The zero-order chi connectivity index (χ0) is 24.9. The van der Waals surface area contributed by atoms with Crippen LogP contribution in [0.1, 0.15) is 5.82 Å². The zero-order valence-corrected chi connectivity index (χ0v) is 19.4. The second-order valence-corrected chi connectivity index (χ2v) is 12.5. The summed E-state index contributed by atoms with van der Waals surface area (Å²) in [7, 11) is -11.5. The highest BCUT2D eigenvalue weighted by Crippen LogP contribution is 2.43. The van der Waals surface area contributed by atoms with Crippen LogP contribution in [0.4, 0.5) is 17.6 Å². The lowest BCUT2D eigenvalue weighted by Gasteiger charge is -2.30. The molecule has 0 radical (unpaired) electrons. The highest BCUT2D eigenvalue weighted by Gasteiger charge is 2.22. The maximum Gasteiger partial charge on any atom is 0.296 e. The zero-order valence-electron chi connectivity index (χ0n) is 16.9. The Morgan fingerprint density at radius 2 is 1.82 bits per heavy atom. The van der Waals surface area contributed by atoms with Gasteiger partial charge in [0.1, 0.15) is 10.7 Å². The Bertz CT molecular complexity index is 1230. The van der Waals surface area contributed by atoms with E-state index < -0.39 is 46.0 Å². The van der Waals surface area contributed by atoms with E-state index in [0.29, 0.717) is 0 Å². The number of benzene rings is 1. The average Bonchev–Trinajstić information content (AvgIpc) is 2.66. The molecule has 19 heteroatoms. The Morgan fingerprint density at radius 1 is 1.12 bits per heavy atom. The van der Waals surface area contributed by atoms with Crippen LogP contribution in [0.3, 0.4) is 0 Å². The maximum atomic E-state index is 11.6. The summed E-state index contributed by atoms with van der Waals surface area (Å²) in [6.45, 7) is -0.248. The molecule has 0 spiro atoms. The number of nitrogen functional groups attached to an aromatic ring is 1. The van der Waals surface area contributed by atoms with Crippen molar-refractivity contribution in [2.75, 3.05) is 35.5 Å². The Kier molecular flexibility index (Phi) is 8.46. The van der Waals surface area contributed by atoms with Gasteiger partial charge in [0, 0.05) is 12.0 Å². The van der Waals surface area contributed by atoms with Gasteiger partial charge < -0.3 is 20.4 Å². The van der Waals surface area contributed by atoms with Crippen LogP contribution in [0.15, 0.2) is 33.3 Å². The van der Waals surface area contributed by atoms with Crippen molar-refractivity contribution in [1.29, 1.82) is 0 Å². The molecular weight excluding hydrogens is 506 g/mol. The summed E-state index contributed by atoms with van der Waals surface area (Å²) in [6, 6.07) is 2.30. The summed E-state index contributed by atoms with van der Waals surface area (Å²) >= 11 is 0. The monoisotopic (exact) mass is 527 g/mol. The Morgan fingerprint density at radius 3 is 2.39 bits per heavy atom. The van der Waals surface area contributed by atoms with Crippen molar-refractivity contribution in [3.05, 3.63) is 28.9 Å². The van der Waals surface area contributed by atoms with E-state index >= 15 is 0 Å². The van der Waals surface area contributed by atoms with Gasteiger partial charge >= 0.3 is 0 Å². The van der Waals surface area contributed by atoms with Crippen molar-refractivity contribution in [3.8, 4) is 0 Å². The Hall–Kier alpha value is -2.68. The highest BCUT2D eigenvalue weighted by atomic mass is 32.3. The van der Waals surface area contributed by atoms with Gasteiger partial charge in [0.25, 0.3) is 20.2 Å². The van der Waals surface area contributed by atoms with Crippen molar-refractivity contribution in [3.63, 3.8) is 0 Å². The van der Waals surface area contributed by atoms with Gasteiger partial charge in [0.15, 0.2) is 5.34 Å². The lowest BCUT2D eigenvalue weighted by Crippen LogP contribution is -2.25. The maximum absolute atomic E-state index is 11.6. The number of rotatable bonds is 12. The van der Waals surface area contributed by atoms with E-state index in [-0.39, 0.29) is 42.5 Å². The standard InChI is InChI=1S/C14H21N7O9S3/c1-31(5-4-22,30-21-23)8-16-7-12-18-13(15)20-14(19-12)17-10-6-9(32(24,25)26)2-3-11(10)33(27,28)29/h2-3,6,16,22H,4-5,7-8H2,1H3,(H,24,25,26)(H,27,28,29)(H3,15,17,18,19,20). The molecule has 33 heavy (non-hydrogen) atoms. The number of anilines is 3.